The van der Waals surface area contributed by atoms with Gasteiger partial charge in [-0.3, -0.25) is 14.3 Å². The molecular formula is C32H34N4O4. The third-order valence-corrected chi connectivity index (χ3v) is 7.49. The maximum absolute atomic E-state index is 13.9. The molecule has 0 radical (unpaired) electrons. The van der Waals surface area contributed by atoms with Crippen molar-refractivity contribution in [2.75, 3.05) is 20.8 Å². The number of nitrogens with one attached hydrogen (secondary N) is 1. The number of rotatable bonds is 10. The highest BCUT2D eigenvalue weighted by Crippen LogP contribution is 2.31. The van der Waals surface area contributed by atoms with Gasteiger partial charge in [0.05, 0.1) is 26.5 Å². The molecule has 1 aliphatic heterocycles. The van der Waals surface area contributed by atoms with Crippen LogP contribution < -0.4 is 14.8 Å². The second kappa shape index (κ2) is 11.7. The molecule has 1 aromatic heterocycles. The molecule has 8 nitrogen and oxygen atoms in total. The maximum Gasteiger partial charge on any atom is 0.273 e. The molecule has 8 heteroatoms. The average Bonchev–Trinajstić information content (AvgIpc) is 3.42. The highest BCUT2D eigenvalue weighted by Gasteiger charge is 2.47. The van der Waals surface area contributed by atoms with Gasteiger partial charge in [-0.25, -0.2) is 0 Å². The van der Waals surface area contributed by atoms with Gasteiger partial charge in [-0.1, -0.05) is 48.5 Å². The first-order valence-corrected chi connectivity index (χ1v) is 13.4. The van der Waals surface area contributed by atoms with Crippen molar-refractivity contribution in [2.24, 2.45) is 0 Å². The topological polar surface area (TPSA) is 85.7 Å². The van der Waals surface area contributed by atoms with Crippen LogP contribution >= 0.6 is 0 Å². The molecule has 0 aliphatic carbocycles. The zero-order valence-electron chi connectivity index (χ0n) is 23.1. The van der Waals surface area contributed by atoms with Gasteiger partial charge in [0.1, 0.15) is 22.7 Å². The number of carbonyl (C=O) groups excluding carboxylic acids is 2. The molecule has 5 rings (SSSR count). The molecule has 40 heavy (non-hydrogen) atoms. The molecule has 0 bridgehead atoms. The van der Waals surface area contributed by atoms with E-state index in [1.165, 1.54) is 5.56 Å². The summed E-state index contributed by atoms with van der Waals surface area (Å²) in [7, 11) is 3.23. The summed E-state index contributed by atoms with van der Waals surface area (Å²) in [6.45, 7) is 2.79. The van der Waals surface area contributed by atoms with Gasteiger partial charge in [0.2, 0.25) is 5.91 Å². The standard InChI is InChI=1S/C32H34N4O4/c1-32(31(38)33-21-25-13-7-8-14-29(25)40-3)22-36-28(20-27(34-36)24-15-17-26(39-2)18-16-24)30(37)35(32)19-9-12-23-10-5-4-6-11-23/h4-8,10-11,13-18,20H,9,12,19,21-22H2,1-3H3,(H,33,38)/t32-/m1/s1. The molecule has 0 fully saturated rings. The highest BCUT2D eigenvalue weighted by atomic mass is 16.5. The first kappa shape index (κ1) is 27.0. The SMILES string of the molecule is COc1ccc(-c2cc3n(n2)C[C@](C)(C(=O)NCc2ccccc2OC)N(CCCc2ccccc2)C3=O)cc1. The third kappa shape index (κ3) is 5.43. The smallest absolute Gasteiger partial charge is 0.273 e. The Hall–Kier alpha value is -4.59. The Balaban J connectivity index is 1.42. The van der Waals surface area contributed by atoms with Gasteiger partial charge in [-0.2, -0.15) is 5.10 Å². The van der Waals surface area contributed by atoms with Crippen LogP contribution in [0.4, 0.5) is 0 Å². The molecule has 0 spiro atoms. The van der Waals surface area contributed by atoms with Gasteiger partial charge in [0, 0.05) is 24.2 Å². The van der Waals surface area contributed by atoms with Crippen molar-refractivity contribution in [3.8, 4) is 22.8 Å². The number of methoxy groups -OCH3 is 2. The minimum Gasteiger partial charge on any atom is -0.497 e. The van der Waals surface area contributed by atoms with E-state index >= 15 is 0 Å². The van der Waals surface area contributed by atoms with E-state index in [1.54, 1.807) is 29.9 Å². The number of nitrogens with zero attached hydrogens (tertiary/aromatic N) is 3. The first-order valence-electron chi connectivity index (χ1n) is 13.4. The average molecular weight is 539 g/mol. The van der Waals surface area contributed by atoms with Gasteiger partial charge >= 0.3 is 0 Å². The van der Waals surface area contributed by atoms with Crippen molar-refractivity contribution in [1.29, 1.82) is 0 Å². The predicted octanol–water partition coefficient (Wildman–Crippen LogP) is 4.73. The summed E-state index contributed by atoms with van der Waals surface area (Å²) in [4.78, 5) is 29.5. The fourth-order valence-corrected chi connectivity index (χ4v) is 5.20. The number of carbonyl (C=O) groups is 2. The molecule has 206 valence electrons. The molecule has 3 aromatic carbocycles. The zero-order valence-corrected chi connectivity index (χ0v) is 23.1. The number of aromatic nitrogens is 2. The van der Waals surface area contributed by atoms with Gasteiger partial charge in [-0.15, -0.1) is 0 Å². The molecule has 1 aliphatic rings. The number of benzene rings is 3. The number of amides is 2. The maximum atomic E-state index is 13.9. The van der Waals surface area contributed by atoms with E-state index in [0.29, 0.717) is 23.7 Å². The van der Waals surface area contributed by atoms with Gasteiger partial charge < -0.3 is 19.7 Å². The van der Waals surface area contributed by atoms with Crippen LogP contribution in [0.1, 0.15) is 35.0 Å². The molecule has 0 unspecified atom stereocenters. The number of hydrogen-bond donors (Lipinski definition) is 1. The lowest BCUT2D eigenvalue weighted by atomic mass is 9.94. The van der Waals surface area contributed by atoms with E-state index in [2.05, 4.69) is 17.4 Å². The molecular weight excluding hydrogens is 504 g/mol. The number of hydrogen-bond acceptors (Lipinski definition) is 5. The number of para-hydroxylation sites is 1. The van der Waals surface area contributed by atoms with E-state index in [9.17, 15) is 9.59 Å². The normalized spacial score (nSPS) is 16.4. The lowest BCUT2D eigenvalue weighted by molar-refractivity contribution is -0.133. The number of fused-ring (bicyclic) bond motifs is 1. The highest BCUT2D eigenvalue weighted by molar-refractivity contribution is 6.00. The van der Waals surface area contributed by atoms with Crippen molar-refractivity contribution in [2.45, 2.75) is 38.4 Å². The summed E-state index contributed by atoms with van der Waals surface area (Å²) < 4.78 is 12.4. The van der Waals surface area contributed by atoms with Crippen LogP contribution in [0.3, 0.4) is 0 Å². The van der Waals surface area contributed by atoms with Crippen LogP contribution in [0.15, 0.2) is 84.9 Å². The van der Waals surface area contributed by atoms with Crippen LogP contribution in [-0.4, -0.2) is 52.8 Å². The summed E-state index contributed by atoms with van der Waals surface area (Å²) in [5.41, 5.74) is 2.94. The molecule has 4 aromatic rings. The molecule has 2 heterocycles. The van der Waals surface area contributed by atoms with Gasteiger partial charge in [-0.05, 0) is 61.7 Å². The second-order valence-corrected chi connectivity index (χ2v) is 10.1. The minimum absolute atomic E-state index is 0.207. The summed E-state index contributed by atoms with van der Waals surface area (Å²) in [6, 6.07) is 27.1. The molecule has 1 atom stereocenters. The van der Waals surface area contributed by atoms with Crippen molar-refractivity contribution in [1.82, 2.24) is 20.0 Å². The molecule has 0 saturated carbocycles. The van der Waals surface area contributed by atoms with Crippen molar-refractivity contribution < 1.29 is 19.1 Å². The third-order valence-electron chi connectivity index (χ3n) is 7.49. The summed E-state index contributed by atoms with van der Waals surface area (Å²) in [5.74, 6) is 0.999. The van der Waals surface area contributed by atoms with Crippen molar-refractivity contribution >= 4 is 11.8 Å². The Labute approximate surface area is 234 Å². The Kier molecular flexibility index (Phi) is 7.86. The Morgan fingerprint density at radius 2 is 1.70 bits per heavy atom. The summed E-state index contributed by atoms with van der Waals surface area (Å²) >= 11 is 0. The lowest BCUT2D eigenvalue weighted by Crippen LogP contribution is -2.64. The molecule has 0 saturated heterocycles. The van der Waals surface area contributed by atoms with E-state index < -0.39 is 5.54 Å². The fourth-order valence-electron chi connectivity index (χ4n) is 5.20. The van der Waals surface area contributed by atoms with E-state index in [1.807, 2.05) is 73.7 Å². The van der Waals surface area contributed by atoms with Crippen molar-refractivity contribution in [3.63, 3.8) is 0 Å². The van der Waals surface area contributed by atoms with Gasteiger partial charge in [0.25, 0.3) is 5.91 Å². The van der Waals surface area contributed by atoms with E-state index in [4.69, 9.17) is 14.6 Å². The largest absolute Gasteiger partial charge is 0.497 e. The Morgan fingerprint density at radius 3 is 2.42 bits per heavy atom. The quantitative estimate of drug-likeness (QED) is 0.316. The number of ether oxygens (including phenoxy) is 2. The molecule has 1 N–H and O–H groups in total. The summed E-state index contributed by atoms with van der Waals surface area (Å²) in [6.07, 6.45) is 1.53. The van der Waals surface area contributed by atoms with E-state index in [0.717, 1.165) is 29.7 Å². The first-order chi connectivity index (χ1) is 19.4. The van der Waals surface area contributed by atoms with Crippen LogP contribution in [0.2, 0.25) is 0 Å². The Morgan fingerprint density at radius 1 is 0.975 bits per heavy atom. The monoisotopic (exact) mass is 538 g/mol. The minimum atomic E-state index is -1.13. The molecule has 2 amide bonds. The van der Waals surface area contributed by atoms with Crippen LogP contribution in [0.25, 0.3) is 11.3 Å². The summed E-state index contributed by atoms with van der Waals surface area (Å²) in [5, 5.41) is 7.80. The van der Waals surface area contributed by atoms with Gasteiger partial charge in [0.15, 0.2) is 0 Å². The predicted molar refractivity (Wildman–Crippen MR) is 153 cm³/mol. The number of aryl methyl sites for hydroxylation is 1. The van der Waals surface area contributed by atoms with Crippen molar-refractivity contribution in [3.05, 3.63) is 102 Å². The second-order valence-electron chi connectivity index (χ2n) is 10.1. The lowest BCUT2D eigenvalue weighted by Gasteiger charge is -2.43. The Bertz CT molecular complexity index is 1480. The van der Waals surface area contributed by atoms with Crippen LogP contribution in [0, 0.1) is 0 Å². The fraction of sp³-hybridized carbons (Fsp3) is 0.281. The van der Waals surface area contributed by atoms with Crippen LogP contribution in [0.5, 0.6) is 11.5 Å². The van der Waals surface area contributed by atoms with E-state index in [-0.39, 0.29) is 24.9 Å². The van der Waals surface area contributed by atoms with Crippen LogP contribution in [-0.2, 0) is 24.3 Å². The zero-order chi connectivity index (χ0) is 28.1.